The maximum atomic E-state index is 14.6. The van der Waals surface area contributed by atoms with Gasteiger partial charge in [0.05, 0.1) is 41.7 Å². The first-order valence-electron chi connectivity index (χ1n) is 14.9. The van der Waals surface area contributed by atoms with Crippen LogP contribution in [0.4, 0.5) is 0 Å². The monoisotopic (exact) mass is 622 g/mol. The van der Waals surface area contributed by atoms with Gasteiger partial charge in [-0.15, -0.1) is 23.1 Å². The molecule has 11 atom stereocenters. The van der Waals surface area contributed by atoms with Gasteiger partial charge >= 0.3 is 5.97 Å². The van der Waals surface area contributed by atoms with Gasteiger partial charge in [-0.05, 0) is 48.6 Å². The Morgan fingerprint density at radius 2 is 1.95 bits per heavy atom. The number of carbonyl (C=O) groups is 2. The molecule has 234 valence electrons. The zero-order valence-corrected chi connectivity index (χ0v) is 27.5. The summed E-state index contributed by atoms with van der Waals surface area (Å²) in [5.74, 6) is -2.41. The molecule has 8 nitrogen and oxygen atoms in total. The Labute approximate surface area is 257 Å². The van der Waals surface area contributed by atoms with Crippen LogP contribution in [-0.4, -0.2) is 81.5 Å². The summed E-state index contributed by atoms with van der Waals surface area (Å²) < 4.78 is 18.2. The number of rotatable bonds is 7. The number of aliphatic hydroxyl groups is 3. The Kier molecular flexibility index (Phi) is 8.39. The van der Waals surface area contributed by atoms with Crippen molar-refractivity contribution in [3.63, 3.8) is 0 Å². The minimum Gasteiger partial charge on any atom is -0.457 e. The van der Waals surface area contributed by atoms with Gasteiger partial charge in [0.25, 0.3) is 0 Å². The molecule has 0 radical (unpaired) electrons. The molecule has 4 aliphatic rings. The minimum absolute atomic E-state index is 0.0374. The van der Waals surface area contributed by atoms with Crippen LogP contribution in [-0.2, 0) is 23.8 Å². The first-order valence-corrected chi connectivity index (χ1v) is 17.2. The maximum Gasteiger partial charge on any atom is 0.309 e. The van der Waals surface area contributed by atoms with E-state index in [4.69, 9.17) is 14.2 Å². The van der Waals surface area contributed by atoms with Gasteiger partial charge in [-0.1, -0.05) is 40.7 Å². The van der Waals surface area contributed by atoms with E-state index < -0.39 is 76.0 Å². The fraction of sp³-hybridized carbons (Fsp3) is 0.750. The molecule has 3 fully saturated rings. The Morgan fingerprint density at radius 3 is 2.52 bits per heavy atom. The van der Waals surface area contributed by atoms with Crippen LogP contribution < -0.4 is 0 Å². The Morgan fingerprint density at radius 1 is 1.26 bits per heavy atom. The van der Waals surface area contributed by atoms with E-state index >= 15 is 0 Å². The van der Waals surface area contributed by atoms with Crippen molar-refractivity contribution in [3.8, 4) is 0 Å². The lowest BCUT2D eigenvalue weighted by atomic mass is 9.43. The molecule has 8 unspecified atom stereocenters. The van der Waals surface area contributed by atoms with Crippen molar-refractivity contribution in [2.75, 3.05) is 18.8 Å². The number of ether oxygens (including phenoxy) is 3. The first-order chi connectivity index (χ1) is 19.6. The lowest BCUT2D eigenvalue weighted by Gasteiger charge is -2.67. The molecule has 42 heavy (non-hydrogen) atoms. The van der Waals surface area contributed by atoms with Crippen LogP contribution in [0.15, 0.2) is 28.7 Å². The molecule has 3 aliphatic carbocycles. The zero-order valence-electron chi connectivity index (χ0n) is 25.9. The number of aliphatic hydroxyl groups excluding tert-OH is 1. The van der Waals surface area contributed by atoms with Gasteiger partial charge in [0.15, 0.2) is 5.78 Å². The number of esters is 1. The molecule has 0 spiro atoms. The smallest absolute Gasteiger partial charge is 0.309 e. The van der Waals surface area contributed by atoms with E-state index in [1.807, 2.05) is 58.4 Å². The van der Waals surface area contributed by atoms with Crippen molar-refractivity contribution in [1.29, 1.82) is 0 Å². The summed E-state index contributed by atoms with van der Waals surface area (Å²) in [7, 11) is 0. The van der Waals surface area contributed by atoms with Gasteiger partial charge in [0, 0.05) is 35.0 Å². The van der Waals surface area contributed by atoms with Gasteiger partial charge < -0.3 is 29.5 Å². The summed E-state index contributed by atoms with van der Waals surface area (Å²) in [6.07, 6.45) is -1.28. The highest BCUT2D eigenvalue weighted by atomic mass is 32.2. The van der Waals surface area contributed by atoms with E-state index in [0.717, 1.165) is 4.88 Å². The third-order valence-corrected chi connectivity index (χ3v) is 13.0. The number of ketones is 1. The Hall–Kier alpha value is -1.27. The largest absolute Gasteiger partial charge is 0.457 e. The molecule has 0 amide bonds. The fourth-order valence-electron chi connectivity index (χ4n) is 8.73. The number of Topliss-reactive ketones (excluding diaryl/α,β-unsaturated/α-hetero) is 1. The van der Waals surface area contributed by atoms with Crippen LogP contribution in [0, 0.1) is 28.6 Å². The number of carbonyl (C=O) groups excluding carboxylic acids is 2. The third kappa shape index (κ3) is 4.42. The lowest BCUT2D eigenvalue weighted by molar-refractivity contribution is -0.338. The predicted octanol–water partition coefficient (Wildman–Crippen LogP) is 4.32. The highest BCUT2D eigenvalue weighted by Crippen LogP contribution is 2.64. The average Bonchev–Trinajstić information content (AvgIpc) is 3.47. The number of hydrogen-bond donors (Lipinski definition) is 3. The molecule has 2 bridgehead atoms. The van der Waals surface area contributed by atoms with Gasteiger partial charge in [-0.25, -0.2) is 0 Å². The summed E-state index contributed by atoms with van der Waals surface area (Å²) in [6, 6.07) is 3.95. The fourth-order valence-corrected chi connectivity index (χ4v) is 9.92. The highest BCUT2D eigenvalue weighted by molar-refractivity contribution is 7.98. The van der Waals surface area contributed by atoms with Crippen LogP contribution in [0.2, 0.25) is 0 Å². The molecule has 1 aromatic rings. The van der Waals surface area contributed by atoms with Gasteiger partial charge in [-0.2, -0.15) is 0 Å². The Bertz CT molecular complexity index is 1240. The molecule has 2 heterocycles. The molecule has 1 aromatic heterocycles. The Balaban J connectivity index is 1.59. The van der Waals surface area contributed by atoms with Gasteiger partial charge in [0.2, 0.25) is 0 Å². The molecule has 0 aromatic carbocycles. The minimum atomic E-state index is -1.57. The topological polar surface area (TPSA) is 123 Å². The highest BCUT2D eigenvalue weighted by Gasteiger charge is 2.74. The summed E-state index contributed by atoms with van der Waals surface area (Å²) in [5, 5.41) is 38.8. The molecule has 1 aliphatic heterocycles. The van der Waals surface area contributed by atoms with E-state index in [1.54, 1.807) is 25.2 Å². The third-order valence-electron chi connectivity index (χ3n) is 11.6. The number of thiophene rings is 1. The van der Waals surface area contributed by atoms with E-state index in [0.29, 0.717) is 23.5 Å². The molecule has 1 saturated heterocycles. The number of hydrogen-bond acceptors (Lipinski definition) is 10. The summed E-state index contributed by atoms with van der Waals surface area (Å²) in [6.45, 7) is 13.0. The zero-order chi connectivity index (χ0) is 31.0. The molecule has 5 rings (SSSR count). The molecular formula is C32H46O8S2. The second-order valence-electron chi connectivity index (χ2n) is 13.8. The van der Waals surface area contributed by atoms with Crippen molar-refractivity contribution in [3.05, 3.63) is 33.5 Å². The summed E-state index contributed by atoms with van der Waals surface area (Å²) in [5.41, 5.74) is -4.31. The van der Waals surface area contributed by atoms with Crippen molar-refractivity contribution in [2.24, 2.45) is 28.6 Å². The summed E-state index contributed by atoms with van der Waals surface area (Å²) >= 11 is 3.07. The van der Waals surface area contributed by atoms with Crippen LogP contribution in [0.5, 0.6) is 0 Å². The predicted molar refractivity (Wildman–Crippen MR) is 162 cm³/mol. The molecular weight excluding hydrogens is 576 g/mol. The van der Waals surface area contributed by atoms with E-state index in [9.17, 15) is 24.9 Å². The van der Waals surface area contributed by atoms with Crippen molar-refractivity contribution in [2.45, 2.75) is 103 Å². The SMILES string of the molecule is CSCOC1CC2OCC2(O)C2C(C)C3(O)CC(OC(=O)[C@H](C)[C@@H](C)c4cccs4)C(C)=C(C(O)C(=O)[C@]12C)C3(C)C. The second-order valence-corrected chi connectivity index (χ2v) is 15.6. The number of thioether (sulfide) groups is 1. The van der Waals surface area contributed by atoms with Gasteiger partial charge in [-0.3, -0.25) is 9.59 Å². The van der Waals surface area contributed by atoms with Crippen LogP contribution in [0.3, 0.4) is 0 Å². The van der Waals surface area contributed by atoms with Crippen LogP contribution in [0.25, 0.3) is 0 Å². The van der Waals surface area contributed by atoms with E-state index in [2.05, 4.69) is 0 Å². The van der Waals surface area contributed by atoms with Crippen molar-refractivity contribution >= 4 is 34.9 Å². The van der Waals surface area contributed by atoms with E-state index in [1.165, 1.54) is 11.8 Å². The van der Waals surface area contributed by atoms with Crippen molar-refractivity contribution in [1.82, 2.24) is 0 Å². The van der Waals surface area contributed by atoms with Crippen LogP contribution >= 0.6 is 23.1 Å². The second kappa shape index (κ2) is 11.0. The maximum absolute atomic E-state index is 14.6. The molecule has 2 saturated carbocycles. The standard InChI is InChI=1S/C32H46O8S2/c1-16(21-10-9-11-42-21)17(2)28(35)40-20-13-32(37)19(4)26-30(7,27(34)25(33)24(18(20)3)29(32,5)6)22(39-15-41-8)12-23-31(26,36)14-38-23/h9-11,16-17,19-20,22-23,25-26,33,36-37H,12-15H2,1-8H3/t16-,17-,19?,20?,22?,23?,25?,26?,30-,31?,32?/m1/s1. The van der Waals surface area contributed by atoms with E-state index in [-0.39, 0.29) is 18.9 Å². The first kappa shape index (κ1) is 32.1. The quantitative estimate of drug-likeness (QED) is 0.232. The van der Waals surface area contributed by atoms with Gasteiger partial charge in [0.1, 0.15) is 17.8 Å². The van der Waals surface area contributed by atoms with Crippen molar-refractivity contribution < 1.29 is 39.1 Å². The normalized spacial score (nSPS) is 42.4. The summed E-state index contributed by atoms with van der Waals surface area (Å²) in [4.78, 5) is 29.2. The lowest BCUT2D eigenvalue weighted by Crippen LogP contribution is -2.79. The van der Waals surface area contributed by atoms with Crippen LogP contribution in [0.1, 0.15) is 72.1 Å². The molecule has 10 heteroatoms. The molecule has 3 N–H and O–H groups in total. The average molecular weight is 623 g/mol. The number of fused-ring (bicyclic) bond motifs is 5.